The normalized spacial score (nSPS) is 13.2. The number of likely N-dealkylation sites (N-methyl/N-ethyl adjacent to an activating group) is 1. The van der Waals surface area contributed by atoms with Crippen LogP contribution in [0.3, 0.4) is 0 Å². The Bertz CT molecular complexity index is 234. The summed E-state index contributed by atoms with van der Waals surface area (Å²) in [5, 5.41) is 16.5. The summed E-state index contributed by atoms with van der Waals surface area (Å²) in [7, 11) is 1.82. The highest BCUT2D eigenvalue weighted by molar-refractivity contribution is 4.94. The average molecular weight is 169 g/mol. The maximum Gasteiger partial charge on any atom is 0.0860 e. The molecule has 0 aliphatic carbocycles. The molecule has 1 atom stereocenters. The van der Waals surface area contributed by atoms with Gasteiger partial charge in [0.25, 0.3) is 0 Å². The summed E-state index contributed by atoms with van der Waals surface area (Å²) in [4.78, 5) is 0. The number of nitrogens with zero attached hydrogens (tertiary/aromatic N) is 2. The first-order chi connectivity index (χ1) is 5.72. The Morgan fingerprint density at radius 2 is 2.50 bits per heavy atom. The Hall–Kier alpha value is -0.870. The van der Waals surface area contributed by atoms with Crippen LogP contribution in [0.5, 0.6) is 0 Å². The second-order valence-corrected chi connectivity index (χ2v) is 2.89. The SMILES string of the molecule is CNCC(O)Cn1ccc(C)n1. The quantitative estimate of drug-likeness (QED) is 0.654. The molecular formula is C8H15N3O. The van der Waals surface area contributed by atoms with E-state index >= 15 is 0 Å². The highest BCUT2D eigenvalue weighted by Crippen LogP contribution is 1.94. The molecule has 0 bridgehead atoms. The van der Waals surface area contributed by atoms with Crippen molar-refractivity contribution in [1.82, 2.24) is 15.1 Å². The van der Waals surface area contributed by atoms with Crippen LogP contribution in [0.15, 0.2) is 12.3 Å². The molecular weight excluding hydrogens is 154 g/mol. The number of aromatic nitrogens is 2. The lowest BCUT2D eigenvalue weighted by molar-refractivity contribution is 0.149. The van der Waals surface area contributed by atoms with Crippen LogP contribution in [0.1, 0.15) is 5.69 Å². The summed E-state index contributed by atoms with van der Waals surface area (Å²) >= 11 is 0. The molecule has 4 heteroatoms. The molecule has 0 radical (unpaired) electrons. The van der Waals surface area contributed by atoms with E-state index in [0.717, 1.165) is 5.69 Å². The predicted molar refractivity (Wildman–Crippen MR) is 46.9 cm³/mol. The zero-order valence-corrected chi connectivity index (χ0v) is 7.49. The van der Waals surface area contributed by atoms with Crippen LogP contribution in [0.25, 0.3) is 0 Å². The molecule has 1 aromatic rings. The number of aliphatic hydroxyl groups is 1. The second-order valence-electron chi connectivity index (χ2n) is 2.89. The fourth-order valence-corrected chi connectivity index (χ4v) is 1.08. The van der Waals surface area contributed by atoms with E-state index in [1.165, 1.54) is 0 Å². The fraction of sp³-hybridized carbons (Fsp3) is 0.625. The summed E-state index contributed by atoms with van der Waals surface area (Å²) in [5.74, 6) is 0. The molecule has 0 spiro atoms. The molecule has 1 unspecified atom stereocenters. The largest absolute Gasteiger partial charge is 0.390 e. The van der Waals surface area contributed by atoms with Crippen LogP contribution in [-0.2, 0) is 6.54 Å². The molecule has 1 heterocycles. The minimum absolute atomic E-state index is 0.366. The summed E-state index contributed by atoms with van der Waals surface area (Å²) in [6, 6.07) is 1.92. The maximum absolute atomic E-state index is 9.39. The maximum atomic E-state index is 9.39. The number of rotatable bonds is 4. The van der Waals surface area contributed by atoms with Gasteiger partial charge in [-0.1, -0.05) is 0 Å². The van der Waals surface area contributed by atoms with Crippen molar-refractivity contribution in [3.63, 3.8) is 0 Å². The molecule has 0 fully saturated rings. The number of aryl methyl sites for hydroxylation is 1. The summed E-state index contributed by atoms with van der Waals surface area (Å²) < 4.78 is 1.75. The van der Waals surface area contributed by atoms with Crippen molar-refractivity contribution in [1.29, 1.82) is 0 Å². The summed E-state index contributed by atoms with van der Waals surface area (Å²) in [6.07, 6.45) is 1.50. The lowest BCUT2D eigenvalue weighted by Gasteiger charge is -2.09. The molecule has 0 aromatic carbocycles. The van der Waals surface area contributed by atoms with Crippen molar-refractivity contribution in [3.8, 4) is 0 Å². The molecule has 0 amide bonds. The Labute approximate surface area is 72.2 Å². The van der Waals surface area contributed by atoms with E-state index in [2.05, 4.69) is 10.4 Å². The first-order valence-electron chi connectivity index (χ1n) is 4.05. The lowest BCUT2D eigenvalue weighted by Crippen LogP contribution is -2.28. The van der Waals surface area contributed by atoms with Gasteiger partial charge in [0.1, 0.15) is 0 Å². The van der Waals surface area contributed by atoms with Gasteiger partial charge in [-0.3, -0.25) is 4.68 Å². The van der Waals surface area contributed by atoms with E-state index in [0.29, 0.717) is 13.1 Å². The Morgan fingerprint density at radius 1 is 1.75 bits per heavy atom. The smallest absolute Gasteiger partial charge is 0.0860 e. The van der Waals surface area contributed by atoms with Crippen molar-refractivity contribution < 1.29 is 5.11 Å². The number of hydrogen-bond acceptors (Lipinski definition) is 3. The summed E-state index contributed by atoms with van der Waals surface area (Å²) in [5.41, 5.74) is 0.978. The van der Waals surface area contributed by atoms with Gasteiger partial charge in [-0.2, -0.15) is 5.10 Å². The monoisotopic (exact) mass is 169 g/mol. The third kappa shape index (κ3) is 2.64. The predicted octanol–water partition coefficient (Wildman–Crippen LogP) is -0.228. The molecule has 68 valence electrons. The Kier molecular flexibility index (Phi) is 3.25. The van der Waals surface area contributed by atoms with E-state index in [-0.39, 0.29) is 6.10 Å². The highest BCUT2D eigenvalue weighted by atomic mass is 16.3. The number of nitrogens with one attached hydrogen (secondary N) is 1. The van der Waals surface area contributed by atoms with Crippen LogP contribution in [0.4, 0.5) is 0 Å². The topological polar surface area (TPSA) is 50.1 Å². The molecule has 0 saturated heterocycles. The van der Waals surface area contributed by atoms with Gasteiger partial charge < -0.3 is 10.4 Å². The van der Waals surface area contributed by atoms with Crippen molar-refractivity contribution in [2.75, 3.05) is 13.6 Å². The highest BCUT2D eigenvalue weighted by Gasteiger charge is 2.03. The first-order valence-corrected chi connectivity index (χ1v) is 4.05. The van der Waals surface area contributed by atoms with Crippen molar-refractivity contribution in [3.05, 3.63) is 18.0 Å². The van der Waals surface area contributed by atoms with Crippen LogP contribution in [0, 0.1) is 6.92 Å². The van der Waals surface area contributed by atoms with Gasteiger partial charge in [0.2, 0.25) is 0 Å². The van der Waals surface area contributed by atoms with Gasteiger partial charge in [-0.15, -0.1) is 0 Å². The van der Waals surface area contributed by atoms with E-state index in [1.807, 2.05) is 26.2 Å². The molecule has 2 N–H and O–H groups in total. The van der Waals surface area contributed by atoms with Gasteiger partial charge in [-0.05, 0) is 20.0 Å². The van der Waals surface area contributed by atoms with Gasteiger partial charge in [0.15, 0.2) is 0 Å². The van der Waals surface area contributed by atoms with Crippen molar-refractivity contribution in [2.24, 2.45) is 0 Å². The average Bonchev–Trinajstić information content (AvgIpc) is 2.36. The molecule has 12 heavy (non-hydrogen) atoms. The van der Waals surface area contributed by atoms with Crippen LogP contribution >= 0.6 is 0 Å². The van der Waals surface area contributed by atoms with E-state index in [1.54, 1.807) is 4.68 Å². The molecule has 0 aliphatic rings. The third-order valence-electron chi connectivity index (χ3n) is 1.61. The third-order valence-corrected chi connectivity index (χ3v) is 1.61. The van der Waals surface area contributed by atoms with E-state index in [9.17, 15) is 5.11 Å². The molecule has 0 aliphatic heterocycles. The van der Waals surface area contributed by atoms with Crippen molar-refractivity contribution in [2.45, 2.75) is 19.6 Å². The van der Waals surface area contributed by atoms with E-state index < -0.39 is 0 Å². The first kappa shape index (κ1) is 9.22. The van der Waals surface area contributed by atoms with E-state index in [4.69, 9.17) is 0 Å². The van der Waals surface area contributed by atoms with Crippen LogP contribution < -0.4 is 5.32 Å². The zero-order chi connectivity index (χ0) is 8.97. The van der Waals surface area contributed by atoms with Gasteiger partial charge in [0.05, 0.1) is 18.3 Å². The van der Waals surface area contributed by atoms with Gasteiger partial charge in [0, 0.05) is 12.7 Å². The summed E-state index contributed by atoms with van der Waals surface area (Å²) in [6.45, 7) is 3.08. The van der Waals surface area contributed by atoms with Crippen molar-refractivity contribution >= 4 is 0 Å². The van der Waals surface area contributed by atoms with Gasteiger partial charge in [-0.25, -0.2) is 0 Å². The molecule has 1 rings (SSSR count). The Morgan fingerprint density at radius 3 is 3.00 bits per heavy atom. The minimum Gasteiger partial charge on any atom is -0.390 e. The molecule has 0 saturated carbocycles. The van der Waals surface area contributed by atoms with Crippen LogP contribution in [-0.4, -0.2) is 34.6 Å². The second kappa shape index (κ2) is 4.23. The van der Waals surface area contributed by atoms with Gasteiger partial charge >= 0.3 is 0 Å². The fourth-order valence-electron chi connectivity index (χ4n) is 1.08. The van der Waals surface area contributed by atoms with Crippen LogP contribution in [0.2, 0.25) is 0 Å². The molecule has 4 nitrogen and oxygen atoms in total. The Balaban J connectivity index is 2.41. The molecule has 1 aromatic heterocycles. The lowest BCUT2D eigenvalue weighted by atomic mass is 10.3. The minimum atomic E-state index is -0.366. The zero-order valence-electron chi connectivity index (χ0n) is 7.49. The standard InChI is InChI=1S/C8H15N3O/c1-7-3-4-11(10-7)6-8(12)5-9-2/h3-4,8-9,12H,5-6H2,1-2H3. The number of aliphatic hydroxyl groups excluding tert-OH is 1. The number of hydrogen-bond donors (Lipinski definition) is 2.